The van der Waals surface area contributed by atoms with Gasteiger partial charge < -0.3 is 20.5 Å². The average Bonchev–Trinajstić information content (AvgIpc) is 3.89. The second kappa shape index (κ2) is 16.9. The van der Waals surface area contributed by atoms with E-state index in [1.54, 1.807) is 24.4 Å². The van der Waals surface area contributed by atoms with E-state index in [-0.39, 0.29) is 5.82 Å². The molecule has 0 saturated carbocycles. The quantitative estimate of drug-likeness (QED) is 0.0939. The number of halogens is 1. The Labute approximate surface area is 301 Å². The van der Waals surface area contributed by atoms with Crippen molar-refractivity contribution in [2.45, 2.75) is 58.8 Å². The number of pyridine rings is 1. The van der Waals surface area contributed by atoms with Gasteiger partial charge in [0.1, 0.15) is 11.5 Å². The van der Waals surface area contributed by atoms with Crippen molar-refractivity contribution < 1.29 is 4.39 Å². The van der Waals surface area contributed by atoms with Crippen molar-refractivity contribution in [3.8, 4) is 11.5 Å². The molecule has 8 nitrogen and oxygen atoms in total. The molecule has 2 saturated heterocycles. The van der Waals surface area contributed by atoms with Gasteiger partial charge in [0.2, 0.25) is 0 Å². The Morgan fingerprint density at radius 3 is 2.67 bits per heavy atom. The van der Waals surface area contributed by atoms with Gasteiger partial charge in [-0.05, 0) is 144 Å². The van der Waals surface area contributed by atoms with Crippen LogP contribution in [0.1, 0.15) is 73.7 Å². The smallest absolute Gasteiger partial charge is 0.159 e. The summed E-state index contributed by atoms with van der Waals surface area (Å²) in [4.78, 5) is 15.7. The number of fused-ring (bicyclic) bond motifs is 1. The van der Waals surface area contributed by atoms with Crippen molar-refractivity contribution in [2.24, 2.45) is 5.92 Å². The number of H-pyrrole nitrogens is 2. The lowest BCUT2D eigenvalue weighted by Gasteiger charge is -2.24. The molecular weight excluding hydrogens is 636 g/mol. The molecule has 2 aliphatic rings. The van der Waals surface area contributed by atoms with Crippen LogP contribution in [0.2, 0.25) is 0 Å². The number of aryl methyl sites for hydroxylation is 2. The maximum Gasteiger partial charge on any atom is 0.159 e. The molecule has 3 aromatic heterocycles. The largest absolute Gasteiger partial charge is 0.359 e. The van der Waals surface area contributed by atoms with Crippen molar-refractivity contribution >= 4 is 22.0 Å². The zero-order valence-electron chi connectivity index (χ0n) is 30.1. The van der Waals surface area contributed by atoms with Crippen molar-refractivity contribution in [2.75, 3.05) is 32.7 Å². The van der Waals surface area contributed by atoms with Gasteiger partial charge in [0.05, 0.1) is 23.1 Å². The van der Waals surface area contributed by atoms with Crippen LogP contribution in [-0.4, -0.2) is 62.8 Å². The fourth-order valence-corrected chi connectivity index (χ4v) is 7.29. The first-order valence-corrected chi connectivity index (χ1v) is 18.3. The minimum atomic E-state index is -0.250. The highest BCUT2D eigenvalue weighted by atomic mass is 19.1. The van der Waals surface area contributed by atoms with Gasteiger partial charge in [-0.1, -0.05) is 44.0 Å². The van der Waals surface area contributed by atoms with Crippen LogP contribution in [0.15, 0.2) is 92.0 Å². The number of imidazole rings is 1. The fraction of sp³-hybridized carbons (Fsp3) is 0.357. The maximum absolute atomic E-state index is 15.0. The monoisotopic (exact) mass is 686 g/mol. The maximum atomic E-state index is 15.0. The molecule has 4 N–H and O–H groups in total. The van der Waals surface area contributed by atoms with E-state index in [9.17, 15) is 0 Å². The number of likely N-dealkylation sites (tertiary alicyclic amines) is 1. The Hall–Kier alpha value is -4.86. The van der Waals surface area contributed by atoms with Gasteiger partial charge in [0.15, 0.2) is 5.82 Å². The molecule has 1 aromatic carbocycles. The first-order chi connectivity index (χ1) is 24.8. The summed E-state index contributed by atoms with van der Waals surface area (Å²) in [6.45, 7) is 21.8. The number of allylic oxidation sites excluding steroid dienone is 7. The summed E-state index contributed by atoms with van der Waals surface area (Å²) in [7, 11) is 0. The Bertz CT molecular complexity index is 1960. The Balaban J connectivity index is 1.24. The van der Waals surface area contributed by atoms with Gasteiger partial charge in [-0.15, -0.1) is 0 Å². The van der Waals surface area contributed by atoms with Crippen molar-refractivity contribution in [3.63, 3.8) is 0 Å². The average molecular weight is 687 g/mol. The van der Waals surface area contributed by atoms with Crippen LogP contribution in [0, 0.1) is 18.7 Å². The number of aromatic amines is 2. The van der Waals surface area contributed by atoms with Crippen LogP contribution in [0.4, 0.5) is 4.39 Å². The molecule has 0 unspecified atom stereocenters. The zero-order valence-corrected chi connectivity index (χ0v) is 30.1. The summed E-state index contributed by atoms with van der Waals surface area (Å²) < 4.78 is 15.0. The molecule has 2 fully saturated rings. The third kappa shape index (κ3) is 8.90. The molecule has 0 atom stereocenters. The molecule has 0 spiro atoms. The second-order valence-electron chi connectivity index (χ2n) is 13.7. The number of aromatic nitrogens is 5. The molecule has 0 amide bonds. The van der Waals surface area contributed by atoms with Gasteiger partial charge >= 0.3 is 0 Å². The topological polar surface area (TPSA) is 97.6 Å². The van der Waals surface area contributed by atoms with Crippen molar-refractivity contribution in [1.29, 1.82) is 0 Å². The number of rotatable bonds is 15. The fourth-order valence-electron chi connectivity index (χ4n) is 7.29. The summed E-state index contributed by atoms with van der Waals surface area (Å²) in [5.41, 5.74) is 9.23. The molecular formula is C42H51FN8. The third-order valence-electron chi connectivity index (χ3n) is 9.96. The van der Waals surface area contributed by atoms with Crippen molar-refractivity contribution in [3.05, 3.63) is 126 Å². The SMILES string of the molecule is C=C/C=C(/c1cc(F)cc(CCCN2CCCC2)c1)c1nc(-c2n[nH]c3cnc(C(/C=C(\C=C)NC(=C)CC4CCNCC4)=C/C)cc23)[nH]c1C. The van der Waals surface area contributed by atoms with Crippen LogP contribution < -0.4 is 10.6 Å². The molecule has 9 heteroatoms. The van der Waals surface area contributed by atoms with Crippen LogP contribution in [0.3, 0.4) is 0 Å². The van der Waals surface area contributed by atoms with E-state index >= 15 is 4.39 Å². The summed E-state index contributed by atoms with van der Waals surface area (Å²) in [5.74, 6) is 1.00. The van der Waals surface area contributed by atoms with Gasteiger partial charge in [-0.25, -0.2) is 9.37 Å². The number of hydrogen-bond donors (Lipinski definition) is 4. The van der Waals surface area contributed by atoms with E-state index in [0.717, 1.165) is 113 Å². The molecule has 0 radical (unpaired) electrons. The standard InChI is InChI=1S/C42H51FN8/c1-6-12-36(33-22-31(23-34(43)24-33)13-11-20-51-18-9-10-19-51)40-29(5)47-42(48-40)41-37-26-38(45-27-39(37)49-50-41)32(7-2)25-35(8-3)46-28(4)21-30-14-16-44-17-15-30/h6-8,12,22-27,30,44,46H,1,3-4,9-11,13-21H2,2,5H3,(H,47,48)(H,49,50)/b32-7+,35-25+,36-12-. The van der Waals surface area contributed by atoms with Crippen LogP contribution in [-0.2, 0) is 6.42 Å². The van der Waals surface area contributed by atoms with Crippen LogP contribution in [0.25, 0.3) is 33.6 Å². The van der Waals surface area contributed by atoms with Gasteiger partial charge in [0.25, 0.3) is 0 Å². The lowest BCUT2D eigenvalue weighted by Crippen LogP contribution is -2.28. The molecule has 5 heterocycles. The van der Waals surface area contributed by atoms with E-state index in [4.69, 9.17) is 9.97 Å². The van der Waals surface area contributed by atoms with E-state index < -0.39 is 0 Å². The van der Waals surface area contributed by atoms with Gasteiger partial charge in [-0.3, -0.25) is 10.1 Å². The molecule has 4 aromatic rings. The van der Waals surface area contributed by atoms with E-state index in [2.05, 4.69) is 62.6 Å². The van der Waals surface area contributed by atoms with E-state index in [0.29, 0.717) is 17.4 Å². The summed E-state index contributed by atoms with van der Waals surface area (Å²) in [6.07, 6.45) is 19.0. The normalized spacial score (nSPS) is 16.6. The minimum absolute atomic E-state index is 0.250. The number of nitrogens with one attached hydrogen (secondary N) is 4. The highest BCUT2D eigenvalue weighted by Gasteiger charge is 2.20. The Morgan fingerprint density at radius 1 is 1.12 bits per heavy atom. The molecule has 0 bridgehead atoms. The zero-order chi connectivity index (χ0) is 35.7. The number of piperidine rings is 1. The molecule has 266 valence electrons. The first kappa shape index (κ1) is 35.9. The molecule has 6 rings (SSSR count). The minimum Gasteiger partial charge on any atom is -0.359 e. The summed E-state index contributed by atoms with van der Waals surface area (Å²) in [6, 6.07) is 7.34. The summed E-state index contributed by atoms with van der Waals surface area (Å²) >= 11 is 0. The third-order valence-corrected chi connectivity index (χ3v) is 9.96. The first-order valence-electron chi connectivity index (χ1n) is 18.3. The second-order valence-corrected chi connectivity index (χ2v) is 13.7. The number of nitrogens with zero attached hydrogens (tertiary/aromatic N) is 4. The molecule has 51 heavy (non-hydrogen) atoms. The van der Waals surface area contributed by atoms with Crippen molar-refractivity contribution in [1.82, 2.24) is 40.7 Å². The van der Waals surface area contributed by atoms with Crippen LogP contribution >= 0.6 is 0 Å². The molecule has 2 aliphatic heterocycles. The summed E-state index contributed by atoms with van der Waals surface area (Å²) in [5, 5.41) is 15.6. The van der Waals surface area contributed by atoms with Gasteiger partial charge in [-0.2, -0.15) is 5.10 Å². The van der Waals surface area contributed by atoms with Gasteiger partial charge in [0, 0.05) is 28.0 Å². The number of benzene rings is 1. The molecule has 0 aliphatic carbocycles. The number of hydrogen-bond acceptors (Lipinski definition) is 6. The highest BCUT2D eigenvalue weighted by molar-refractivity contribution is 5.93. The Morgan fingerprint density at radius 2 is 1.92 bits per heavy atom. The lowest BCUT2D eigenvalue weighted by atomic mass is 9.93. The highest BCUT2D eigenvalue weighted by Crippen LogP contribution is 2.32. The van der Waals surface area contributed by atoms with E-state index in [1.807, 2.05) is 38.1 Å². The lowest BCUT2D eigenvalue weighted by molar-refractivity contribution is 0.334. The predicted molar refractivity (Wildman–Crippen MR) is 208 cm³/mol. The Kier molecular flexibility index (Phi) is 11.9. The van der Waals surface area contributed by atoms with Crippen LogP contribution in [0.5, 0.6) is 0 Å². The predicted octanol–water partition coefficient (Wildman–Crippen LogP) is 8.41. The van der Waals surface area contributed by atoms with E-state index in [1.165, 1.54) is 25.9 Å².